The van der Waals surface area contributed by atoms with E-state index >= 15 is 0 Å². The molecule has 0 saturated heterocycles. The molecule has 2 amide bonds. The van der Waals surface area contributed by atoms with Gasteiger partial charge in [0.2, 0.25) is 5.91 Å². The number of methoxy groups -OCH3 is 1. The Labute approximate surface area is 258 Å². The molecule has 1 atom stereocenters. The average Bonchev–Trinajstić information content (AvgIpc) is 3.23. The van der Waals surface area contributed by atoms with Crippen LogP contribution < -0.4 is 14.4 Å². The standard InChI is InChI=1S/C31H24Cl2N2O7S/c1-19(36)34-31(23-10-6-7-11-25(23)33)24-17-22(32)13-14-26(24)35(30(31)38)43(39,40)28-15-12-21(16-27(28)41-2)29(37)42-18-20-8-4-3-5-9-20/h3-17H,18H2,1-2H3,(H,34,36). The molecule has 0 fully saturated rings. The molecule has 43 heavy (non-hydrogen) atoms. The number of fused-ring (bicyclic) bond motifs is 1. The summed E-state index contributed by atoms with van der Waals surface area (Å²) in [5.41, 5.74) is -0.994. The first kappa shape index (κ1) is 30.1. The minimum Gasteiger partial charge on any atom is -0.495 e. The number of amides is 2. The van der Waals surface area contributed by atoms with Crippen molar-refractivity contribution in [1.82, 2.24) is 5.32 Å². The Morgan fingerprint density at radius 1 is 0.907 bits per heavy atom. The quantitative estimate of drug-likeness (QED) is 0.254. The first-order chi connectivity index (χ1) is 20.5. The van der Waals surface area contributed by atoms with Crippen molar-refractivity contribution >= 4 is 56.7 Å². The van der Waals surface area contributed by atoms with Crippen LogP contribution in [0.1, 0.15) is 34.0 Å². The summed E-state index contributed by atoms with van der Waals surface area (Å²) in [6, 6.07) is 23.2. The van der Waals surface area contributed by atoms with Crippen molar-refractivity contribution in [3.8, 4) is 5.75 Å². The molecule has 1 heterocycles. The lowest BCUT2D eigenvalue weighted by Gasteiger charge is -2.30. The largest absolute Gasteiger partial charge is 0.495 e. The number of nitrogens with zero attached hydrogens (tertiary/aromatic N) is 1. The summed E-state index contributed by atoms with van der Waals surface area (Å²) < 4.78 is 39.9. The van der Waals surface area contributed by atoms with Gasteiger partial charge in [0.15, 0.2) is 5.54 Å². The molecule has 0 spiro atoms. The number of carbonyl (C=O) groups excluding carboxylic acids is 3. The van der Waals surface area contributed by atoms with Gasteiger partial charge in [0, 0.05) is 28.1 Å². The van der Waals surface area contributed by atoms with E-state index in [2.05, 4.69) is 5.32 Å². The third kappa shape index (κ3) is 5.33. The minimum atomic E-state index is -4.71. The lowest BCUT2D eigenvalue weighted by molar-refractivity contribution is -0.128. The third-order valence-electron chi connectivity index (χ3n) is 6.86. The fourth-order valence-electron chi connectivity index (χ4n) is 4.99. The number of ether oxygens (including phenoxy) is 2. The number of halogens is 2. The molecule has 4 aromatic rings. The normalized spacial score (nSPS) is 16.0. The Hall–Kier alpha value is -4.38. The Bertz CT molecular complexity index is 1870. The second-order valence-electron chi connectivity index (χ2n) is 9.57. The summed E-state index contributed by atoms with van der Waals surface area (Å²) in [6.45, 7) is 1.21. The van der Waals surface area contributed by atoms with E-state index in [9.17, 15) is 22.8 Å². The lowest BCUT2D eigenvalue weighted by Crippen LogP contribution is -2.54. The highest BCUT2D eigenvalue weighted by Gasteiger charge is 2.58. The van der Waals surface area contributed by atoms with Gasteiger partial charge < -0.3 is 14.8 Å². The number of sulfonamides is 1. The van der Waals surface area contributed by atoms with Crippen LogP contribution in [0.2, 0.25) is 10.0 Å². The molecule has 0 bridgehead atoms. The van der Waals surface area contributed by atoms with Gasteiger partial charge in [0.25, 0.3) is 15.9 Å². The fraction of sp³-hybridized carbons (Fsp3) is 0.129. The van der Waals surface area contributed by atoms with E-state index in [1.807, 2.05) is 18.2 Å². The van der Waals surface area contributed by atoms with E-state index in [0.717, 1.165) is 11.6 Å². The number of hydrogen-bond donors (Lipinski definition) is 1. The maximum Gasteiger partial charge on any atom is 0.338 e. The van der Waals surface area contributed by atoms with Crippen molar-refractivity contribution in [2.75, 3.05) is 11.4 Å². The van der Waals surface area contributed by atoms with Crippen molar-refractivity contribution in [2.45, 2.75) is 24.0 Å². The summed E-state index contributed by atoms with van der Waals surface area (Å²) in [7, 11) is -3.48. The summed E-state index contributed by atoms with van der Waals surface area (Å²) in [4.78, 5) is 39.3. The number of nitrogens with one attached hydrogen (secondary N) is 1. The van der Waals surface area contributed by atoms with Crippen LogP contribution in [0.25, 0.3) is 0 Å². The van der Waals surface area contributed by atoms with Gasteiger partial charge in [-0.3, -0.25) is 9.59 Å². The number of rotatable bonds is 8. The topological polar surface area (TPSA) is 119 Å². The summed E-state index contributed by atoms with van der Waals surface area (Å²) >= 11 is 12.8. The molecule has 0 aromatic heterocycles. The molecule has 0 aliphatic carbocycles. The number of hydrogen-bond acceptors (Lipinski definition) is 7. The zero-order valence-corrected chi connectivity index (χ0v) is 25.2. The number of carbonyl (C=O) groups is 3. The van der Waals surface area contributed by atoms with E-state index < -0.39 is 38.2 Å². The smallest absolute Gasteiger partial charge is 0.338 e. The molecule has 9 nitrogen and oxygen atoms in total. The van der Waals surface area contributed by atoms with Gasteiger partial charge in [-0.05, 0) is 48.0 Å². The van der Waals surface area contributed by atoms with Crippen LogP contribution in [-0.4, -0.2) is 33.3 Å². The molecule has 1 N–H and O–H groups in total. The molecule has 220 valence electrons. The van der Waals surface area contributed by atoms with E-state index in [4.69, 9.17) is 32.7 Å². The summed E-state index contributed by atoms with van der Waals surface area (Å²) in [5, 5.41) is 2.96. The van der Waals surface area contributed by atoms with Crippen molar-refractivity contribution in [3.05, 3.63) is 123 Å². The van der Waals surface area contributed by atoms with Crippen molar-refractivity contribution in [1.29, 1.82) is 0 Å². The molecular formula is C31H24Cl2N2O7S. The maximum absolute atomic E-state index is 14.4. The van der Waals surface area contributed by atoms with Gasteiger partial charge in [-0.2, -0.15) is 4.31 Å². The van der Waals surface area contributed by atoms with E-state index in [0.29, 0.717) is 4.31 Å². The molecule has 12 heteroatoms. The number of esters is 1. The van der Waals surface area contributed by atoms with Gasteiger partial charge in [-0.1, -0.05) is 71.7 Å². The van der Waals surface area contributed by atoms with Gasteiger partial charge in [0.05, 0.1) is 18.4 Å². The highest BCUT2D eigenvalue weighted by molar-refractivity contribution is 7.93. The molecule has 1 unspecified atom stereocenters. The molecule has 4 aromatic carbocycles. The SMILES string of the molecule is COc1cc(C(=O)OCc2ccccc2)ccc1S(=O)(=O)N1C(=O)C(NC(C)=O)(c2ccccc2Cl)c2cc(Cl)ccc21. The van der Waals surface area contributed by atoms with Crippen LogP contribution >= 0.6 is 23.2 Å². The number of anilines is 1. The van der Waals surface area contributed by atoms with E-state index in [1.165, 1.54) is 56.5 Å². The van der Waals surface area contributed by atoms with Crippen LogP contribution in [0.15, 0.2) is 95.9 Å². The molecule has 0 saturated carbocycles. The monoisotopic (exact) mass is 638 g/mol. The minimum absolute atomic E-state index is 0.0109. The van der Waals surface area contributed by atoms with Gasteiger partial charge in [0.1, 0.15) is 17.3 Å². The summed E-state index contributed by atoms with van der Waals surface area (Å²) in [6.07, 6.45) is 0. The molecular weight excluding hydrogens is 615 g/mol. The Kier molecular flexibility index (Phi) is 8.20. The van der Waals surface area contributed by atoms with Crippen LogP contribution in [0.3, 0.4) is 0 Å². The van der Waals surface area contributed by atoms with Crippen LogP contribution in [0, 0.1) is 0 Å². The fourth-order valence-corrected chi connectivity index (χ4v) is 7.05. The molecule has 1 aliphatic rings. The molecule has 1 aliphatic heterocycles. The maximum atomic E-state index is 14.4. The van der Waals surface area contributed by atoms with Crippen LogP contribution in [0.4, 0.5) is 5.69 Å². The highest BCUT2D eigenvalue weighted by atomic mass is 35.5. The first-order valence-corrected chi connectivity index (χ1v) is 15.0. The molecule has 5 rings (SSSR count). The number of benzene rings is 4. The van der Waals surface area contributed by atoms with Crippen molar-refractivity contribution < 1.29 is 32.3 Å². The molecule has 0 radical (unpaired) electrons. The van der Waals surface area contributed by atoms with Crippen LogP contribution in [0.5, 0.6) is 5.75 Å². The lowest BCUT2D eigenvalue weighted by atomic mass is 9.83. The first-order valence-electron chi connectivity index (χ1n) is 12.8. The van der Waals surface area contributed by atoms with Crippen molar-refractivity contribution in [3.63, 3.8) is 0 Å². The zero-order valence-electron chi connectivity index (χ0n) is 22.8. The Morgan fingerprint density at radius 2 is 1.60 bits per heavy atom. The third-order valence-corrected chi connectivity index (χ3v) is 9.16. The summed E-state index contributed by atoms with van der Waals surface area (Å²) in [5.74, 6) is -2.53. The van der Waals surface area contributed by atoms with E-state index in [1.54, 1.807) is 24.3 Å². The average molecular weight is 640 g/mol. The van der Waals surface area contributed by atoms with Gasteiger partial charge in [-0.15, -0.1) is 0 Å². The predicted molar refractivity (Wildman–Crippen MR) is 161 cm³/mol. The van der Waals surface area contributed by atoms with Crippen LogP contribution in [-0.2, 0) is 36.5 Å². The second kappa shape index (κ2) is 11.7. The van der Waals surface area contributed by atoms with Crippen molar-refractivity contribution in [2.24, 2.45) is 0 Å². The van der Waals surface area contributed by atoms with Gasteiger partial charge in [-0.25, -0.2) is 13.2 Å². The Balaban J connectivity index is 1.60. The second-order valence-corrected chi connectivity index (χ2v) is 12.2. The van der Waals surface area contributed by atoms with E-state index in [-0.39, 0.29) is 44.8 Å². The Morgan fingerprint density at radius 3 is 2.28 bits per heavy atom. The van der Waals surface area contributed by atoms with Gasteiger partial charge >= 0.3 is 5.97 Å². The highest BCUT2D eigenvalue weighted by Crippen LogP contribution is 2.49. The predicted octanol–water partition coefficient (Wildman–Crippen LogP) is 5.47. The zero-order chi connectivity index (χ0) is 30.9.